The molecule has 0 atom stereocenters. The van der Waals surface area contributed by atoms with Gasteiger partial charge in [-0.3, -0.25) is 14.5 Å². The average molecular weight is 370 g/mol. The molecule has 144 valence electrons. The van der Waals surface area contributed by atoms with Crippen molar-refractivity contribution in [1.29, 1.82) is 0 Å². The number of aryl methyl sites for hydroxylation is 2. The summed E-state index contributed by atoms with van der Waals surface area (Å²) in [4.78, 5) is 25.4. The predicted octanol–water partition coefficient (Wildman–Crippen LogP) is 2.16. The van der Waals surface area contributed by atoms with Crippen LogP contribution in [0, 0.1) is 13.8 Å². The number of carboxylic acids is 1. The zero-order chi connectivity index (χ0) is 19.6. The van der Waals surface area contributed by atoms with E-state index in [1.165, 1.54) is 5.56 Å². The first-order valence-electron chi connectivity index (χ1n) is 9.27. The van der Waals surface area contributed by atoms with Gasteiger partial charge >= 0.3 is 5.97 Å². The number of carbonyl (C=O) groups excluding carboxylic acids is 1. The molecular weight excluding hydrogens is 344 g/mol. The van der Waals surface area contributed by atoms with Crippen molar-refractivity contribution in [2.24, 2.45) is 0 Å². The SMILES string of the molecule is CCN(CC(=O)O)C1CC(NC(=O)c2cc(C)n(-c3ccc(C)cc3)n2)C1. The summed E-state index contributed by atoms with van der Waals surface area (Å²) in [6.07, 6.45) is 1.54. The van der Waals surface area contributed by atoms with Gasteiger partial charge in [0.2, 0.25) is 0 Å². The molecule has 1 aliphatic rings. The fraction of sp³-hybridized carbons (Fsp3) is 0.450. The van der Waals surface area contributed by atoms with E-state index in [0.717, 1.165) is 24.2 Å². The van der Waals surface area contributed by atoms with E-state index in [0.29, 0.717) is 12.2 Å². The van der Waals surface area contributed by atoms with E-state index in [1.807, 2.05) is 49.9 Å². The lowest BCUT2D eigenvalue weighted by atomic mass is 9.85. The molecule has 2 aromatic rings. The molecule has 1 saturated carbocycles. The summed E-state index contributed by atoms with van der Waals surface area (Å²) in [5.41, 5.74) is 3.39. The number of rotatable bonds is 7. The number of aromatic nitrogens is 2. The third-order valence-electron chi connectivity index (χ3n) is 5.11. The Morgan fingerprint density at radius 2 is 1.93 bits per heavy atom. The summed E-state index contributed by atoms with van der Waals surface area (Å²) < 4.78 is 1.77. The van der Waals surface area contributed by atoms with Crippen LogP contribution in [0.2, 0.25) is 0 Å². The normalized spacial score (nSPS) is 19.0. The minimum absolute atomic E-state index is 0.0436. The van der Waals surface area contributed by atoms with Crippen molar-refractivity contribution in [3.8, 4) is 5.69 Å². The van der Waals surface area contributed by atoms with Crippen molar-refractivity contribution >= 4 is 11.9 Å². The number of aliphatic carboxylic acids is 1. The van der Waals surface area contributed by atoms with Gasteiger partial charge in [-0.25, -0.2) is 4.68 Å². The number of amides is 1. The molecule has 1 amide bonds. The first-order chi connectivity index (χ1) is 12.9. The Hall–Kier alpha value is -2.67. The summed E-state index contributed by atoms with van der Waals surface area (Å²) in [7, 11) is 0. The molecule has 0 saturated heterocycles. The van der Waals surface area contributed by atoms with E-state index in [2.05, 4.69) is 10.4 Å². The average Bonchev–Trinajstić information content (AvgIpc) is 2.98. The summed E-state index contributed by atoms with van der Waals surface area (Å²) in [5, 5.41) is 16.4. The minimum atomic E-state index is -0.818. The van der Waals surface area contributed by atoms with Crippen LogP contribution in [0.25, 0.3) is 5.69 Å². The van der Waals surface area contributed by atoms with Gasteiger partial charge < -0.3 is 10.4 Å². The smallest absolute Gasteiger partial charge is 0.317 e. The van der Waals surface area contributed by atoms with Crippen molar-refractivity contribution in [1.82, 2.24) is 20.0 Å². The predicted molar refractivity (Wildman–Crippen MR) is 102 cm³/mol. The lowest BCUT2D eigenvalue weighted by molar-refractivity contribution is -0.139. The zero-order valence-corrected chi connectivity index (χ0v) is 16.0. The second-order valence-electron chi connectivity index (χ2n) is 7.17. The lowest BCUT2D eigenvalue weighted by Gasteiger charge is -2.42. The van der Waals surface area contributed by atoms with Crippen LogP contribution in [0.3, 0.4) is 0 Å². The molecule has 2 N–H and O–H groups in total. The third-order valence-corrected chi connectivity index (χ3v) is 5.11. The molecule has 0 unspecified atom stereocenters. The Kier molecular flexibility index (Phi) is 5.60. The largest absolute Gasteiger partial charge is 0.480 e. The van der Waals surface area contributed by atoms with Crippen LogP contribution in [0.1, 0.15) is 41.5 Å². The van der Waals surface area contributed by atoms with Crippen molar-refractivity contribution in [2.45, 2.75) is 45.7 Å². The fourth-order valence-electron chi connectivity index (χ4n) is 3.47. The molecule has 1 fully saturated rings. The van der Waals surface area contributed by atoms with Gasteiger partial charge in [0.15, 0.2) is 5.69 Å². The monoisotopic (exact) mass is 370 g/mol. The van der Waals surface area contributed by atoms with Gasteiger partial charge in [0, 0.05) is 17.8 Å². The Balaban J connectivity index is 1.59. The van der Waals surface area contributed by atoms with Crippen LogP contribution in [-0.4, -0.2) is 56.8 Å². The first kappa shape index (κ1) is 19.1. The van der Waals surface area contributed by atoms with E-state index < -0.39 is 5.97 Å². The number of likely N-dealkylation sites (N-methyl/N-ethyl adjacent to an activating group) is 1. The maximum atomic E-state index is 12.5. The van der Waals surface area contributed by atoms with Crippen LogP contribution in [-0.2, 0) is 4.79 Å². The van der Waals surface area contributed by atoms with E-state index in [4.69, 9.17) is 5.11 Å². The van der Waals surface area contributed by atoms with Crippen LogP contribution in [0.15, 0.2) is 30.3 Å². The summed E-state index contributed by atoms with van der Waals surface area (Å²) >= 11 is 0. The molecule has 1 heterocycles. The molecule has 0 aliphatic heterocycles. The van der Waals surface area contributed by atoms with Crippen molar-refractivity contribution in [3.63, 3.8) is 0 Å². The number of hydrogen-bond donors (Lipinski definition) is 2. The number of carboxylic acid groups (broad SMARTS) is 1. The highest BCUT2D eigenvalue weighted by Gasteiger charge is 2.35. The fourth-order valence-corrected chi connectivity index (χ4v) is 3.47. The molecule has 0 bridgehead atoms. The molecule has 7 nitrogen and oxygen atoms in total. The van der Waals surface area contributed by atoms with E-state index in [9.17, 15) is 9.59 Å². The Labute approximate surface area is 159 Å². The van der Waals surface area contributed by atoms with E-state index >= 15 is 0 Å². The van der Waals surface area contributed by atoms with Crippen molar-refractivity contribution in [3.05, 3.63) is 47.3 Å². The van der Waals surface area contributed by atoms with Crippen LogP contribution >= 0.6 is 0 Å². The van der Waals surface area contributed by atoms with Crippen LogP contribution in [0.5, 0.6) is 0 Å². The standard InChI is InChI=1S/C20H26N4O3/c1-4-23(12-19(25)26)17-10-15(11-17)21-20(27)18-9-14(3)24(22-18)16-7-5-13(2)6-8-16/h5-9,15,17H,4,10-12H2,1-3H3,(H,21,27)(H,25,26). The Bertz CT molecular complexity index is 822. The summed E-state index contributed by atoms with van der Waals surface area (Å²) in [6, 6.07) is 10.1. The molecule has 1 aliphatic carbocycles. The lowest BCUT2D eigenvalue weighted by Crippen LogP contribution is -2.54. The molecular formula is C20H26N4O3. The zero-order valence-electron chi connectivity index (χ0n) is 16.0. The van der Waals surface area contributed by atoms with Gasteiger partial charge in [0.05, 0.1) is 12.2 Å². The highest BCUT2D eigenvalue weighted by Crippen LogP contribution is 2.26. The van der Waals surface area contributed by atoms with Crippen LogP contribution in [0.4, 0.5) is 0 Å². The first-order valence-corrected chi connectivity index (χ1v) is 9.27. The molecule has 1 aromatic heterocycles. The molecule has 27 heavy (non-hydrogen) atoms. The van der Waals surface area contributed by atoms with Gasteiger partial charge in [-0.2, -0.15) is 5.10 Å². The van der Waals surface area contributed by atoms with Crippen molar-refractivity contribution < 1.29 is 14.7 Å². The van der Waals surface area contributed by atoms with Gasteiger partial charge in [0.25, 0.3) is 5.91 Å². The molecule has 1 aromatic carbocycles. The maximum absolute atomic E-state index is 12.5. The Morgan fingerprint density at radius 3 is 2.52 bits per heavy atom. The maximum Gasteiger partial charge on any atom is 0.317 e. The Morgan fingerprint density at radius 1 is 1.26 bits per heavy atom. The quantitative estimate of drug-likeness (QED) is 0.780. The molecule has 0 radical (unpaired) electrons. The van der Waals surface area contributed by atoms with E-state index in [1.54, 1.807) is 10.7 Å². The second-order valence-corrected chi connectivity index (χ2v) is 7.17. The van der Waals surface area contributed by atoms with Crippen molar-refractivity contribution in [2.75, 3.05) is 13.1 Å². The highest BCUT2D eigenvalue weighted by atomic mass is 16.4. The number of hydrogen-bond acceptors (Lipinski definition) is 4. The van der Waals surface area contributed by atoms with Crippen LogP contribution < -0.4 is 5.32 Å². The number of carbonyl (C=O) groups is 2. The summed E-state index contributed by atoms with van der Waals surface area (Å²) in [5.74, 6) is -1.00. The van der Waals surface area contributed by atoms with Gasteiger partial charge in [-0.05, 0) is 51.4 Å². The minimum Gasteiger partial charge on any atom is -0.480 e. The molecule has 7 heteroatoms. The molecule has 3 rings (SSSR count). The third kappa shape index (κ3) is 4.36. The summed E-state index contributed by atoms with van der Waals surface area (Å²) in [6.45, 7) is 6.64. The number of nitrogens with zero attached hydrogens (tertiary/aromatic N) is 3. The number of nitrogens with one attached hydrogen (secondary N) is 1. The van der Waals surface area contributed by atoms with E-state index in [-0.39, 0.29) is 24.5 Å². The second kappa shape index (κ2) is 7.92. The van der Waals surface area contributed by atoms with Gasteiger partial charge in [0.1, 0.15) is 0 Å². The van der Waals surface area contributed by atoms with Gasteiger partial charge in [-0.1, -0.05) is 24.6 Å². The topological polar surface area (TPSA) is 87.5 Å². The molecule has 0 spiro atoms. The number of benzene rings is 1. The highest BCUT2D eigenvalue weighted by molar-refractivity contribution is 5.92. The van der Waals surface area contributed by atoms with Gasteiger partial charge in [-0.15, -0.1) is 0 Å².